The second kappa shape index (κ2) is 7.88. The van der Waals surface area contributed by atoms with Crippen LogP contribution in [0.4, 0.5) is 5.69 Å². The van der Waals surface area contributed by atoms with Crippen molar-refractivity contribution in [2.24, 2.45) is 11.7 Å². The maximum absolute atomic E-state index is 11.7. The van der Waals surface area contributed by atoms with Crippen LogP contribution < -0.4 is 11.1 Å². The van der Waals surface area contributed by atoms with Crippen LogP contribution in [-0.2, 0) is 11.2 Å². The first-order valence-electron chi connectivity index (χ1n) is 6.74. The van der Waals surface area contributed by atoms with Crippen molar-refractivity contribution >= 4 is 11.6 Å². The van der Waals surface area contributed by atoms with Crippen LogP contribution in [-0.4, -0.2) is 12.5 Å². The molecule has 18 heavy (non-hydrogen) atoms. The van der Waals surface area contributed by atoms with E-state index in [2.05, 4.69) is 24.4 Å². The van der Waals surface area contributed by atoms with Crippen molar-refractivity contribution in [1.29, 1.82) is 0 Å². The van der Waals surface area contributed by atoms with Crippen molar-refractivity contribution in [1.82, 2.24) is 0 Å². The highest BCUT2D eigenvalue weighted by atomic mass is 16.1. The molecule has 1 atom stereocenters. The third-order valence-electron chi connectivity index (χ3n) is 2.99. The third-order valence-corrected chi connectivity index (χ3v) is 2.99. The molecule has 0 saturated heterocycles. The molecule has 0 radical (unpaired) electrons. The molecule has 1 aromatic carbocycles. The monoisotopic (exact) mass is 248 g/mol. The number of rotatable bonds is 7. The Morgan fingerprint density at radius 1 is 1.33 bits per heavy atom. The van der Waals surface area contributed by atoms with E-state index in [9.17, 15) is 4.79 Å². The van der Waals surface area contributed by atoms with E-state index in [1.165, 1.54) is 18.4 Å². The highest BCUT2D eigenvalue weighted by Crippen LogP contribution is 2.12. The zero-order valence-corrected chi connectivity index (χ0v) is 11.4. The Labute approximate surface area is 110 Å². The molecule has 0 aliphatic carbocycles. The first-order chi connectivity index (χ1) is 8.65. The second-order valence-electron chi connectivity index (χ2n) is 4.89. The van der Waals surface area contributed by atoms with Crippen molar-refractivity contribution in [3.63, 3.8) is 0 Å². The second-order valence-corrected chi connectivity index (χ2v) is 4.89. The predicted octanol–water partition coefficient (Wildman–Crippen LogP) is 2.95. The lowest BCUT2D eigenvalue weighted by molar-refractivity contribution is -0.116. The van der Waals surface area contributed by atoms with Gasteiger partial charge < -0.3 is 11.1 Å². The Balaban J connectivity index is 2.45. The lowest BCUT2D eigenvalue weighted by Crippen LogP contribution is -2.20. The molecular formula is C15H24N2O. The van der Waals surface area contributed by atoms with Gasteiger partial charge in [0.25, 0.3) is 0 Å². The van der Waals surface area contributed by atoms with E-state index in [-0.39, 0.29) is 11.8 Å². The van der Waals surface area contributed by atoms with E-state index in [1.54, 1.807) is 0 Å². The summed E-state index contributed by atoms with van der Waals surface area (Å²) >= 11 is 0. The Bertz CT molecular complexity index is 359. The summed E-state index contributed by atoms with van der Waals surface area (Å²) in [4.78, 5) is 11.7. The van der Waals surface area contributed by atoms with Gasteiger partial charge in [-0.15, -0.1) is 0 Å². The smallest absolute Gasteiger partial charge is 0.224 e. The van der Waals surface area contributed by atoms with Gasteiger partial charge in [0, 0.05) is 12.1 Å². The normalized spacial score (nSPS) is 12.2. The van der Waals surface area contributed by atoms with Gasteiger partial charge in [-0.2, -0.15) is 0 Å². The molecule has 1 unspecified atom stereocenters. The van der Waals surface area contributed by atoms with Crippen LogP contribution in [0.3, 0.4) is 0 Å². The maximum atomic E-state index is 11.7. The molecule has 0 aliphatic rings. The number of hydrogen-bond donors (Lipinski definition) is 2. The average molecular weight is 248 g/mol. The number of amides is 1. The molecule has 1 aromatic rings. The Morgan fingerprint density at radius 3 is 2.56 bits per heavy atom. The topological polar surface area (TPSA) is 55.1 Å². The number of carbonyl (C=O) groups excluding carboxylic acids is 1. The van der Waals surface area contributed by atoms with Crippen LogP contribution in [0.1, 0.15) is 38.7 Å². The summed E-state index contributed by atoms with van der Waals surface area (Å²) in [5.41, 5.74) is 7.69. The molecule has 3 nitrogen and oxygen atoms in total. The van der Waals surface area contributed by atoms with Crippen molar-refractivity contribution < 1.29 is 4.79 Å². The van der Waals surface area contributed by atoms with Crippen molar-refractivity contribution in [2.75, 3.05) is 11.9 Å². The molecule has 0 saturated carbocycles. The fourth-order valence-electron chi connectivity index (χ4n) is 1.75. The molecule has 0 spiro atoms. The molecule has 0 fully saturated rings. The first kappa shape index (κ1) is 14.7. The van der Waals surface area contributed by atoms with Crippen LogP contribution in [0.5, 0.6) is 0 Å². The molecule has 1 rings (SSSR count). The Kier molecular flexibility index (Phi) is 6.44. The molecule has 0 aromatic heterocycles. The van der Waals surface area contributed by atoms with Crippen LogP contribution >= 0.6 is 0 Å². The molecule has 100 valence electrons. The van der Waals surface area contributed by atoms with E-state index in [0.29, 0.717) is 13.0 Å². The van der Waals surface area contributed by atoms with Crippen molar-refractivity contribution in [3.8, 4) is 0 Å². The summed E-state index contributed by atoms with van der Waals surface area (Å²) in [5.74, 6) is 0.267. The number of hydrogen-bond acceptors (Lipinski definition) is 2. The summed E-state index contributed by atoms with van der Waals surface area (Å²) in [6.45, 7) is 4.71. The van der Waals surface area contributed by atoms with Gasteiger partial charge in [-0.3, -0.25) is 4.79 Å². The fraction of sp³-hybridized carbons (Fsp3) is 0.533. The number of anilines is 1. The SMILES string of the molecule is CCCCc1ccc(NC(=O)CC(C)CN)cc1. The van der Waals surface area contributed by atoms with Gasteiger partial charge in [0.1, 0.15) is 0 Å². The number of nitrogens with two attached hydrogens (primary N) is 1. The third kappa shape index (κ3) is 5.32. The molecule has 3 N–H and O–H groups in total. The number of benzene rings is 1. The van der Waals surface area contributed by atoms with Gasteiger partial charge in [-0.25, -0.2) is 0 Å². The van der Waals surface area contributed by atoms with Crippen molar-refractivity contribution in [3.05, 3.63) is 29.8 Å². The van der Waals surface area contributed by atoms with Gasteiger partial charge in [0.15, 0.2) is 0 Å². The number of unbranched alkanes of at least 4 members (excludes halogenated alkanes) is 1. The van der Waals surface area contributed by atoms with Gasteiger partial charge in [0.05, 0.1) is 0 Å². The average Bonchev–Trinajstić information content (AvgIpc) is 2.37. The van der Waals surface area contributed by atoms with Crippen molar-refractivity contribution in [2.45, 2.75) is 39.5 Å². The van der Waals surface area contributed by atoms with Gasteiger partial charge in [-0.1, -0.05) is 32.4 Å². The summed E-state index contributed by atoms with van der Waals surface area (Å²) in [6, 6.07) is 8.10. The molecule has 0 bridgehead atoms. The zero-order valence-electron chi connectivity index (χ0n) is 11.4. The first-order valence-corrected chi connectivity index (χ1v) is 6.74. The highest BCUT2D eigenvalue weighted by molar-refractivity contribution is 5.90. The largest absolute Gasteiger partial charge is 0.330 e. The summed E-state index contributed by atoms with van der Waals surface area (Å²) in [6.07, 6.45) is 4.00. The van der Waals surface area contributed by atoms with E-state index in [1.807, 2.05) is 19.1 Å². The van der Waals surface area contributed by atoms with Gasteiger partial charge in [0.2, 0.25) is 5.91 Å². The maximum Gasteiger partial charge on any atom is 0.224 e. The zero-order chi connectivity index (χ0) is 13.4. The molecule has 3 heteroatoms. The Morgan fingerprint density at radius 2 is 2.00 bits per heavy atom. The lowest BCUT2D eigenvalue weighted by atomic mass is 10.1. The molecular weight excluding hydrogens is 224 g/mol. The Hall–Kier alpha value is -1.35. The van der Waals surface area contributed by atoms with Crippen LogP contribution in [0.15, 0.2) is 24.3 Å². The van der Waals surface area contributed by atoms with E-state index in [4.69, 9.17) is 5.73 Å². The molecule has 0 aliphatic heterocycles. The van der Waals surface area contributed by atoms with Crippen LogP contribution in [0, 0.1) is 5.92 Å². The van der Waals surface area contributed by atoms with E-state index in [0.717, 1.165) is 12.1 Å². The molecule has 0 heterocycles. The quantitative estimate of drug-likeness (QED) is 0.779. The minimum Gasteiger partial charge on any atom is -0.330 e. The van der Waals surface area contributed by atoms with E-state index < -0.39 is 0 Å². The summed E-state index contributed by atoms with van der Waals surface area (Å²) in [5, 5.41) is 2.90. The minimum atomic E-state index is 0.0364. The standard InChI is InChI=1S/C15H24N2O/c1-3-4-5-13-6-8-14(9-7-13)17-15(18)10-12(2)11-16/h6-9,12H,3-5,10-11,16H2,1-2H3,(H,17,18). The minimum absolute atomic E-state index is 0.0364. The van der Waals surface area contributed by atoms with Crippen LogP contribution in [0.2, 0.25) is 0 Å². The summed E-state index contributed by atoms with van der Waals surface area (Å²) < 4.78 is 0. The van der Waals surface area contributed by atoms with Gasteiger partial charge >= 0.3 is 0 Å². The highest BCUT2D eigenvalue weighted by Gasteiger charge is 2.07. The van der Waals surface area contributed by atoms with Gasteiger partial charge in [-0.05, 0) is 43.0 Å². The van der Waals surface area contributed by atoms with E-state index >= 15 is 0 Å². The number of carbonyl (C=O) groups is 1. The fourth-order valence-corrected chi connectivity index (χ4v) is 1.75. The predicted molar refractivity (Wildman–Crippen MR) is 76.5 cm³/mol. The lowest BCUT2D eigenvalue weighted by Gasteiger charge is -2.09. The number of nitrogens with one attached hydrogen (secondary N) is 1. The molecule has 1 amide bonds. The van der Waals surface area contributed by atoms with Crippen LogP contribution in [0.25, 0.3) is 0 Å². The summed E-state index contributed by atoms with van der Waals surface area (Å²) in [7, 11) is 0. The number of aryl methyl sites for hydroxylation is 1.